The van der Waals surface area contributed by atoms with Gasteiger partial charge in [-0.3, -0.25) is 4.79 Å². The molecule has 0 atom stereocenters. The Labute approximate surface area is 79.3 Å². The molecule has 1 aromatic carbocycles. The molecule has 1 rings (SSSR count). The van der Waals surface area contributed by atoms with E-state index in [1.807, 2.05) is 0 Å². The summed E-state index contributed by atoms with van der Waals surface area (Å²) in [6, 6.07) is 1.68. The third-order valence-corrected chi connectivity index (χ3v) is 1.93. The Bertz CT molecular complexity index is 350. The van der Waals surface area contributed by atoms with Crippen LogP contribution in [0.4, 0.5) is 8.78 Å². The highest BCUT2D eigenvalue weighted by molar-refractivity contribution is 6.67. The quantitative estimate of drug-likeness (QED) is 0.677. The molecule has 0 bridgehead atoms. The van der Waals surface area contributed by atoms with Gasteiger partial charge in [0.2, 0.25) is 0 Å². The molecule has 0 N–H and O–H groups in total. The third-order valence-electron chi connectivity index (χ3n) is 1.73. The second-order valence-corrected chi connectivity index (χ2v) is 2.88. The molecule has 0 saturated heterocycles. The molecule has 0 heterocycles. The number of rotatable bonds is 2. The van der Waals surface area contributed by atoms with Crippen LogP contribution in [-0.2, 0) is 6.42 Å². The van der Waals surface area contributed by atoms with Gasteiger partial charge in [0.25, 0.3) is 5.24 Å². The smallest absolute Gasteiger partial charge is 0.252 e. The molecule has 0 aliphatic rings. The molecule has 0 aliphatic carbocycles. The molecule has 0 aromatic heterocycles. The van der Waals surface area contributed by atoms with Crippen LogP contribution in [-0.4, -0.2) is 5.24 Å². The normalized spacial score (nSPS) is 10.2. The highest BCUT2D eigenvalue weighted by atomic mass is 35.5. The lowest BCUT2D eigenvalue weighted by molar-refractivity contribution is 0.107. The first-order valence-electron chi connectivity index (χ1n) is 3.74. The standard InChI is InChI=1S/C9H7ClF2O/c1-2-6-7(9(10)13)3-5(11)4-8(6)12/h3-4H,2H2,1H3. The van der Waals surface area contributed by atoms with Crippen LogP contribution in [0.25, 0.3) is 0 Å². The zero-order valence-corrected chi connectivity index (χ0v) is 7.66. The minimum atomic E-state index is -0.838. The molecule has 0 spiro atoms. The molecule has 1 aromatic rings. The van der Waals surface area contributed by atoms with Gasteiger partial charge in [-0.1, -0.05) is 6.92 Å². The van der Waals surface area contributed by atoms with Gasteiger partial charge in [-0.25, -0.2) is 8.78 Å². The molecule has 0 unspecified atom stereocenters. The minimum absolute atomic E-state index is 0.0957. The van der Waals surface area contributed by atoms with Crippen molar-refractivity contribution >= 4 is 16.8 Å². The molecule has 0 radical (unpaired) electrons. The Morgan fingerprint density at radius 2 is 2.08 bits per heavy atom. The second-order valence-electron chi connectivity index (χ2n) is 2.54. The van der Waals surface area contributed by atoms with Gasteiger partial charge in [0, 0.05) is 11.6 Å². The number of benzene rings is 1. The Morgan fingerprint density at radius 1 is 1.46 bits per heavy atom. The van der Waals surface area contributed by atoms with E-state index in [1.165, 1.54) is 0 Å². The lowest BCUT2D eigenvalue weighted by Gasteiger charge is -2.04. The first-order chi connectivity index (χ1) is 6.06. The van der Waals surface area contributed by atoms with Crippen LogP contribution < -0.4 is 0 Å². The van der Waals surface area contributed by atoms with E-state index >= 15 is 0 Å². The molecule has 13 heavy (non-hydrogen) atoms. The molecule has 70 valence electrons. The Hall–Kier alpha value is -0.960. The van der Waals surface area contributed by atoms with E-state index in [0.29, 0.717) is 6.42 Å². The van der Waals surface area contributed by atoms with Crippen LogP contribution in [0.15, 0.2) is 12.1 Å². The molecular formula is C9H7ClF2O. The number of carbonyl (C=O) groups is 1. The maximum absolute atomic E-state index is 13.0. The fourth-order valence-corrected chi connectivity index (χ4v) is 1.31. The largest absolute Gasteiger partial charge is 0.276 e. The maximum atomic E-state index is 13.0. The van der Waals surface area contributed by atoms with Crippen molar-refractivity contribution in [1.29, 1.82) is 0 Å². The van der Waals surface area contributed by atoms with Crippen LogP contribution in [0, 0.1) is 11.6 Å². The maximum Gasteiger partial charge on any atom is 0.252 e. The lowest BCUT2D eigenvalue weighted by atomic mass is 10.1. The van der Waals surface area contributed by atoms with Gasteiger partial charge in [0.15, 0.2) is 0 Å². The van der Waals surface area contributed by atoms with Crippen LogP contribution in [0.3, 0.4) is 0 Å². The number of hydrogen-bond donors (Lipinski definition) is 0. The predicted octanol–water partition coefficient (Wildman–Crippen LogP) is 2.91. The zero-order chi connectivity index (χ0) is 10.0. The van der Waals surface area contributed by atoms with Crippen molar-refractivity contribution in [2.75, 3.05) is 0 Å². The average Bonchev–Trinajstić information content (AvgIpc) is 2.02. The van der Waals surface area contributed by atoms with Gasteiger partial charge in [0.05, 0.1) is 0 Å². The van der Waals surface area contributed by atoms with Gasteiger partial charge >= 0.3 is 0 Å². The number of hydrogen-bond acceptors (Lipinski definition) is 1. The minimum Gasteiger partial charge on any atom is -0.276 e. The van der Waals surface area contributed by atoms with Gasteiger partial charge in [-0.15, -0.1) is 0 Å². The van der Waals surface area contributed by atoms with Gasteiger partial charge in [-0.05, 0) is 29.7 Å². The van der Waals surface area contributed by atoms with E-state index in [1.54, 1.807) is 6.92 Å². The Balaban J connectivity index is 3.38. The van der Waals surface area contributed by atoms with E-state index in [0.717, 1.165) is 12.1 Å². The summed E-state index contributed by atoms with van der Waals surface area (Å²) < 4.78 is 25.7. The lowest BCUT2D eigenvalue weighted by Crippen LogP contribution is -2.01. The van der Waals surface area contributed by atoms with Crippen LogP contribution >= 0.6 is 11.6 Å². The SMILES string of the molecule is CCc1c(F)cc(F)cc1C(=O)Cl. The summed E-state index contributed by atoms with van der Waals surface area (Å²) in [7, 11) is 0. The summed E-state index contributed by atoms with van der Waals surface area (Å²) in [5.74, 6) is -1.52. The van der Waals surface area contributed by atoms with Gasteiger partial charge in [-0.2, -0.15) is 0 Å². The summed E-state index contributed by atoms with van der Waals surface area (Å²) in [5, 5.41) is -0.838. The molecule has 0 aliphatic heterocycles. The monoisotopic (exact) mass is 204 g/mol. The molecular weight excluding hydrogens is 198 g/mol. The predicted molar refractivity (Wildman–Crippen MR) is 45.9 cm³/mol. The van der Waals surface area contributed by atoms with Crippen molar-refractivity contribution in [2.24, 2.45) is 0 Å². The van der Waals surface area contributed by atoms with E-state index in [4.69, 9.17) is 11.6 Å². The summed E-state index contributed by atoms with van der Waals surface area (Å²) in [6.07, 6.45) is 0.305. The first kappa shape index (κ1) is 10.1. The Kier molecular flexibility index (Phi) is 2.98. The zero-order valence-electron chi connectivity index (χ0n) is 6.90. The fraction of sp³-hybridized carbons (Fsp3) is 0.222. The van der Waals surface area contributed by atoms with E-state index in [2.05, 4.69) is 0 Å². The van der Waals surface area contributed by atoms with Crippen LogP contribution in [0.2, 0.25) is 0 Å². The van der Waals surface area contributed by atoms with Crippen molar-refractivity contribution < 1.29 is 13.6 Å². The van der Waals surface area contributed by atoms with E-state index in [9.17, 15) is 13.6 Å². The average molecular weight is 205 g/mol. The van der Waals surface area contributed by atoms with Crippen molar-refractivity contribution in [3.8, 4) is 0 Å². The summed E-state index contributed by atoms with van der Waals surface area (Å²) in [5.41, 5.74) is 0.0584. The van der Waals surface area contributed by atoms with Crippen LogP contribution in [0.1, 0.15) is 22.8 Å². The summed E-state index contributed by atoms with van der Waals surface area (Å²) >= 11 is 5.16. The van der Waals surface area contributed by atoms with Crippen LogP contribution in [0.5, 0.6) is 0 Å². The fourth-order valence-electron chi connectivity index (χ4n) is 1.14. The van der Waals surface area contributed by atoms with Crippen molar-refractivity contribution in [1.82, 2.24) is 0 Å². The Morgan fingerprint density at radius 3 is 2.54 bits per heavy atom. The first-order valence-corrected chi connectivity index (χ1v) is 4.11. The summed E-state index contributed by atoms with van der Waals surface area (Å²) in [4.78, 5) is 10.8. The molecule has 0 fully saturated rings. The number of halogens is 3. The summed E-state index contributed by atoms with van der Waals surface area (Å²) in [6.45, 7) is 1.67. The highest BCUT2D eigenvalue weighted by Crippen LogP contribution is 2.18. The van der Waals surface area contributed by atoms with E-state index in [-0.39, 0.29) is 11.1 Å². The van der Waals surface area contributed by atoms with Crippen molar-refractivity contribution in [3.63, 3.8) is 0 Å². The van der Waals surface area contributed by atoms with Gasteiger partial charge in [0.1, 0.15) is 11.6 Å². The molecule has 1 nitrogen and oxygen atoms in total. The second kappa shape index (κ2) is 3.83. The topological polar surface area (TPSA) is 17.1 Å². The molecule has 4 heteroatoms. The highest BCUT2D eigenvalue weighted by Gasteiger charge is 2.13. The third kappa shape index (κ3) is 2.04. The molecule has 0 amide bonds. The van der Waals surface area contributed by atoms with Crippen molar-refractivity contribution in [3.05, 3.63) is 34.9 Å². The number of carbonyl (C=O) groups excluding carboxylic acids is 1. The molecule has 0 saturated carbocycles. The van der Waals surface area contributed by atoms with Crippen molar-refractivity contribution in [2.45, 2.75) is 13.3 Å². The van der Waals surface area contributed by atoms with Gasteiger partial charge < -0.3 is 0 Å². The van der Waals surface area contributed by atoms with E-state index < -0.39 is 16.9 Å².